The van der Waals surface area contributed by atoms with E-state index in [1.54, 1.807) is 12.4 Å². The summed E-state index contributed by atoms with van der Waals surface area (Å²) in [6.07, 6.45) is 5.32. The lowest BCUT2D eigenvalue weighted by Crippen LogP contribution is -2.39. The van der Waals surface area contributed by atoms with Gasteiger partial charge in [-0.1, -0.05) is 11.8 Å². The van der Waals surface area contributed by atoms with Gasteiger partial charge in [0.15, 0.2) is 32.8 Å². The van der Waals surface area contributed by atoms with Crippen LogP contribution in [0.4, 0.5) is 11.6 Å². The number of anilines is 2. The third-order valence-electron chi connectivity index (χ3n) is 5.20. The van der Waals surface area contributed by atoms with Crippen molar-refractivity contribution in [3.8, 4) is 23.3 Å². The number of carbonyl (C=O) groups excluding carboxylic acids is 1. The molecule has 0 saturated heterocycles. The van der Waals surface area contributed by atoms with E-state index in [0.29, 0.717) is 23.1 Å². The number of fused-ring (bicyclic) bond motifs is 2. The highest BCUT2D eigenvalue weighted by atomic mass is 16.7. The quantitative estimate of drug-likeness (QED) is 0.497. The standard InChI is InChI=1S/C22H20B2N4O3/c1-25-20-16-11-26-19(28-21(29)13-5-6-13)9-15(16)14(10-27-20)4-2-12-3-7-17-18(8-12)31-22(23,24)30-17/h3,7-11,13H,5-6,23-24H2,1H3,(H,25,27)(H,26,28,29). The molecule has 31 heavy (non-hydrogen) atoms. The first-order chi connectivity index (χ1) is 14.9. The molecule has 1 aliphatic heterocycles. The largest absolute Gasteiger partial charge is 0.467 e. The van der Waals surface area contributed by atoms with E-state index >= 15 is 0 Å². The number of carbonyl (C=O) groups is 1. The maximum absolute atomic E-state index is 12.1. The van der Waals surface area contributed by atoms with Crippen LogP contribution in [-0.4, -0.2) is 44.2 Å². The van der Waals surface area contributed by atoms with Crippen molar-refractivity contribution in [3.05, 3.63) is 47.8 Å². The number of pyridine rings is 2. The molecule has 3 aromatic rings. The van der Waals surface area contributed by atoms with E-state index in [-0.39, 0.29) is 11.8 Å². The van der Waals surface area contributed by atoms with Crippen molar-refractivity contribution in [2.75, 3.05) is 17.7 Å². The highest BCUT2D eigenvalue weighted by Gasteiger charge is 2.31. The van der Waals surface area contributed by atoms with Crippen LogP contribution in [0.15, 0.2) is 36.7 Å². The second-order valence-electron chi connectivity index (χ2n) is 8.16. The predicted molar refractivity (Wildman–Crippen MR) is 124 cm³/mol. The summed E-state index contributed by atoms with van der Waals surface area (Å²) in [5, 5.41) is 7.69. The number of rotatable bonds is 3. The van der Waals surface area contributed by atoms with Crippen LogP contribution < -0.4 is 20.1 Å². The van der Waals surface area contributed by atoms with Gasteiger partial charge >= 0.3 is 0 Å². The van der Waals surface area contributed by atoms with Crippen LogP contribution in [0.1, 0.15) is 24.0 Å². The molecule has 3 heterocycles. The Kier molecular flexibility index (Phi) is 4.51. The van der Waals surface area contributed by atoms with E-state index in [2.05, 4.69) is 32.4 Å². The molecule has 1 fully saturated rings. The first-order valence-corrected chi connectivity index (χ1v) is 10.2. The van der Waals surface area contributed by atoms with E-state index in [1.165, 1.54) is 0 Å². The maximum atomic E-state index is 12.1. The fourth-order valence-corrected chi connectivity index (χ4v) is 3.52. The van der Waals surface area contributed by atoms with E-state index in [1.807, 2.05) is 47.0 Å². The molecule has 0 bridgehead atoms. The molecule has 0 unspecified atom stereocenters. The summed E-state index contributed by atoms with van der Waals surface area (Å²) < 4.78 is 11.5. The molecule has 1 aromatic carbocycles. The smallest absolute Gasteiger partial charge is 0.228 e. The number of nitrogens with zero attached hydrogens (tertiary/aromatic N) is 2. The number of nitrogens with one attached hydrogen (secondary N) is 2. The lowest BCUT2D eigenvalue weighted by molar-refractivity contribution is -0.117. The van der Waals surface area contributed by atoms with E-state index in [0.717, 1.165) is 34.7 Å². The summed E-state index contributed by atoms with van der Waals surface area (Å²) in [4.78, 5) is 21.0. The zero-order valence-corrected chi connectivity index (χ0v) is 17.6. The third kappa shape index (κ3) is 3.89. The Morgan fingerprint density at radius 2 is 1.90 bits per heavy atom. The van der Waals surface area contributed by atoms with Gasteiger partial charge in [0.05, 0.1) is 5.56 Å². The SMILES string of the molecule is BC1(B)Oc2ccc(C#Cc3cnc(NC)c4cnc(NC(=O)C5CC5)cc34)cc2O1. The minimum Gasteiger partial charge on any atom is -0.467 e. The van der Waals surface area contributed by atoms with Crippen LogP contribution in [0.2, 0.25) is 0 Å². The van der Waals surface area contributed by atoms with Crippen molar-refractivity contribution in [1.29, 1.82) is 0 Å². The molecule has 0 spiro atoms. The van der Waals surface area contributed by atoms with Gasteiger partial charge in [0.1, 0.15) is 11.6 Å². The molecule has 2 aliphatic rings. The lowest BCUT2D eigenvalue weighted by Gasteiger charge is -2.17. The van der Waals surface area contributed by atoms with Crippen LogP contribution in [-0.2, 0) is 4.79 Å². The Morgan fingerprint density at radius 1 is 1.10 bits per heavy atom. The summed E-state index contributed by atoms with van der Waals surface area (Å²) in [5.41, 5.74) is 0.879. The fourth-order valence-electron chi connectivity index (χ4n) is 3.52. The van der Waals surface area contributed by atoms with Gasteiger partial charge in [0, 0.05) is 41.7 Å². The molecule has 1 aliphatic carbocycles. The zero-order valence-electron chi connectivity index (χ0n) is 17.6. The van der Waals surface area contributed by atoms with Crippen molar-refractivity contribution in [2.45, 2.75) is 18.4 Å². The highest BCUT2D eigenvalue weighted by molar-refractivity contribution is 6.38. The van der Waals surface area contributed by atoms with Crippen LogP contribution in [0.25, 0.3) is 10.8 Å². The van der Waals surface area contributed by atoms with Crippen molar-refractivity contribution in [2.24, 2.45) is 5.92 Å². The lowest BCUT2D eigenvalue weighted by atomic mass is 9.76. The molecule has 2 aromatic heterocycles. The van der Waals surface area contributed by atoms with Crippen LogP contribution >= 0.6 is 0 Å². The molecule has 152 valence electrons. The minimum atomic E-state index is -0.675. The van der Waals surface area contributed by atoms with E-state index in [4.69, 9.17) is 9.47 Å². The van der Waals surface area contributed by atoms with Gasteiger partial charge in [-0.05, 0) is 37.1 Å². The summed E-state index contributed by atoms with van der Waals surface area (Å²) in [7, 11) is 5.55. The molecular weight excluding hydrogens is 390 g/mol. The van der Waals surface area contributed by atoms with Gasteiger partial charge in [0.2, 0.25) is 5.91 Å². The van der Waals surface area contributed by atoms with Crippen molar-refractivity contribution in [3.63, 3.8) is 0 Å². The van der Waals surface area contributed by atoms with Gasteiger partial charge in [-0.3, -0.25) is 4.79 Å². The predicted octanol–water partition coefficient (Wildman–Crippen LogP) is 1.07. The number of hydrogen-bond acceptors (Lipinski definition) is 6. The van der Waals surface area contributed by atoms with Gasteiger partial charge < -0.3 is 20.1 Å². The molecule has 9 heteroatoms. The molecule has 1 saturated carbocycles. The second-order valence-corrected chi connectivity index (χ2v) is 8.16. The van der Waals surface area contributed by atoms with E-state index < -0.39 is 5.59 Å². The third-order valence-corrected chi connectivity index (χ3v) is 5.20. The number of amides is 1. The molecule has 2 N–H and O–H groups in total. The average molecular weight is 410 g/mol. The van der Waals surface area contributed by atoms with Gasteiger partial charge in [-0.2, -0.15) is 0 Å². The Morgan fingerprint density at radius 3 is 2.68 bits per heavy atom. The number of ether oxygens (including phenoxy) is 2. The number of benzene rings is 1. The monoisotopic (exact) mass is 410 g/mol. The molecule has 5 rings (SSSR count). The fraction of sp³-hybridized carbons (Fsp3) is 0.227. The first kappa shape index (κ1) is 19.3. The summed E-state index contributed by atoms with van der Waals surface area (Å²) in [6.45, 7) is 0. The van der Waals surface area contributed by atoms with Crippen LogP contribution in [0, 0.1) is 17.8 Å². The van der Waals surface area contributed by atoms with Crippen molar-refractivity contribution >= 4 is 44.0 Å². The summed E-state index contributed by atoms with van der Waals surface area (Å²) >= 11 is 0. The Hall–Kier alpha value is -3.66. The molecule has 0 atom stereocenters. The average Bonchev–Trinajstić information content (AvgIpc) is 3.54. The minimum absolute atomic E-state index is 0.0191. The second kappa shape index (κ2) is 7.24. The van der Waals surface area contributed by atoms with Gasteiger partial charge in [-0.25, -0.2) is 9.97 Å². The van der Waals surface area contributed by atoms with Crippen LogP contribution in [0.5, 0.6) is 11.5 Å². The molecular formula is C22H20B2N4O3. The normalized spacial score (nSPS) is 15.8. The summed E-state index contributed by atoms with van der Waals surface area (Å²) in [6, 6.07) is 7.49. The number of aromatic nitrogens is 2. The number of hydrogen-bond donors (Lipinski definition) is 2. The topological polar surface area (TPSA) is 85.4 Å². The Balaban J connectivity index is 1.51. The summed E-state index contributed by atoms with van der Waals surface area (Å²) in [5.74, 6) is 9.13. The highest BCUT2D eigenvalue weighted by Crippen LogP contribution is 2.37. The van der Waals surface area contributed by atoms with Gasteiger partial charge in [0.25, 0.3) is 0 Å². The van der Waals surface area contributed by atoms with Crippen molar-refractivity contribution in [1.82, 2.24) is 9.97 Å². The van der Waals surface area contributed by atoms with Gasteiger partial charge in [-0.15, -0.1) is 0 Å². The van der Waals surface area contributed by atoms with E-state index in [9.17, 15) is 4.79 Å². The Labute approximate surface area is 181 Å². The zero-order chi connectivity index (χ0) is 21.6. The van der Waals surface area contributed by atoms with Crippen LogP contribution in [0.3, 0.4) is 0 Å². The maximum Gasteiger partial charge on any atom is 0.228 e. The molecule has 7 nitrogen and oxygen atoms in total. The van der Waals surface area contributed by atoms with Crippen molar-refractivity contribution < 1.29 is 14.3 Å². The molecule has 0 radical (unpaired) electrons. The molecule has 1 amide bonds. The first-order valence-electron chi connectivity index (χ1n) is 10.2. The Bertz CT molecular complexity index is 1280.